The maximum absolute atomic E-state index is 5.24. The van der Waals surface area contributed by atoms with Crippen LogP contribution in [0.2, 0.25) is 0 Å². The molecule has 1 N–H and O–H groups in total. The molecule has 0 amide bonds. The van der Waals surface area contributed by atoms with E-state index in [0.717, 1.165) is 17.9 Å². The molecule has 2 heteroatoms. The minimum atomic E-state index is 0.362. The molecule has 2 nitrogen and oxygen atoms in total. The van der Waals surface area contributed by atoms with Crippen molar-refractivity contribution in [3.05, 3.63) is 59.7 Å². The van der Waals surface area contributed by atoms with Crippen LogP contribution in [0, 0.1) is 6.92 Å². The molecule has 1 atom stereocenters. The predicted molar refractivity (Wildman–Crippen MR) is 99.3 cm³/mol. The summed E-state index contributed by atoms with van der Waals surface area (Å²) < 4.78 is 5.24. The molecule has 0 aliphatic heterocycles. The fraction of sp³-hybridized carbons (Fsp3) is 0.429. The van der Waals surface area contributed by atoms with Crippen molar-refractivity contribution in [2.75, 3.05) is 12.4 Å². The summed E-state index contributed by atoms with van der Waals surface area (Å²) in [5.74, 6) is 0.894. The maximum atomic E-state index is 5.24. The highest BCUT2D eigenvalue weighted by atomic mass is 16.5. The Kier molecular flexibility index (Phi) is 6.99. The highest BCUT2D eigenvalue weighted by Gasteiger charge is 2.11. The van der Waals surface area contributed by atoms with Crippen molar-refractivity contribution in [2.24, 2.45) is 0 Å². The Morgan fingerprint density at radius 2 is 1.61 bits per heavy atom. The van der Waals surface area contributed by atoms with E-state index in [1.807, 2.05) is 12.1 Å². The summed E-state index contributed by atoms with van der Waals surface area (Å²) >= 11 is 0. The van der Waals surface area contributed by atoms with Gasteiger partial charge in [0, 0.05) is 5.69 Å². The average Bonchev–Trinajstić information content (AvgIpc) is 2.59. The molecule has 2 aromatic carbocycles. The van der Waals surface area contributed by atoms with E-state index in [0.29, 0.717) is 6.04 Å². The second-order valence-electron chi connectivity index (χ2n) is 6.19. The Balaban J connectivity index is 2.06. The lowest BCUT2D eigenvalue weighted by atomic mass is 9.98. The van der Waals surface area contributed by atoms with Gasteiger partial charge in [0.1, 0.15) is 5.75 Å². The van der Waals surface area contributed by atoms with Crippen LogP contribution in [0.3, 0.4) is 0 Å². The third-order valence-electron chi connectivity index (χ3n) is 4.26. The number of nitrogens with one attached hydrogen (secondary N) is 1. The van der Waals surface area contributed by atoms with Crippen molar-refractivity contribution in [1.29, 1.82) is 0 Å². The molecular formula is C21H29NO. The Hall–Kier alpha value is -1.96. The number of hydrogen-bond donors (Lipinski definition) is 1. The van der Waals surface area contributed by atoms with Crippen molar-refractivity contribution in [3.8, 4) is 5.75 Å². The fourth-order valence-corrected chi connectivity index (χ4v) is 2.78. The predicted octanol–water partition coefficient (Wildman–Crippen LogP) is 6.13. The van der Waals surface area contributed by atoms with Gasteiger partial charge >= 0.3 is 0 Å². The summed E-state index contributed by atoms with van der Waals surface area (Å²) in [7, 11) is 1.70. The first-order valence-corrected chi connectivity index (χ1v) is 8.70. The molecular weight excluding hydrogens is 282 g/mol. The molecule has 2 rings (SSSR count). The Morgan fingerprint density at radius 3 is 2.22 bits per heavy atom. The SMILES string of the molecule is CCCCCCC(Nc1ccc(OC)cc1)c1ccc(C)cc1. The van der Waals surface area contributed by atoms with E-state index in [1.54, 1.807) is 7.11 Å². The number of ether oxygens (including phenoxy) is 1. The smallest absolute Gasteiger partial charge is 0.119 e. The van der Waals surface area contributed by atoms with Gasteiger partial charge in [0.25, 0.3) is 0 Å². The van der Waals surface area contributed by atoms with Gasteiger partial charge in [0.15, 0.2) is 0 Å². The third kappa shape index (κ3) is 5.63. The van der Waals surface area contributed by atoms with E-state index in [2.05, 4.69) is 55.6 Å². The third-order valence-corrected chi connectivity index (χ3v) is 4.26. The summed E-state index contributed by atoms with van der Waals surface area (Å²) in [4.78, 5) is 0. The molecule has 2 aromatic rings. The van der Waals surface area contributed by atoms with Crippen molar-refractivity contribution < 1.29 is 4.74 Å². The van der Waals surface area contributed by atoms with E-state index in [1.165, 1.54) is 36.8 Å². The van der Waals surface area contributed by atoms with Crippen LogP contribution < -0.4 is 10.1 Å². The zero-order valence-corrected chi connectivity index (χ0v) is 14.6. The molecule has 0 aromatic heterocycles. The quantitative estimate of drug-likeness (QED) is 0.563. The molecule has 23 heavy (non-hydrogen) atoms. The normalized spacial score (nSPS) is 12.0. The number of anilines is 1. The van der Waals surface area contributed by atoms with E-state index in [9.17, 15) is 0 Å². The highest BCUT2D eigenvalue weighted by molar-refractivity contribution is 5.48. The van der Waals surface area contributed by atoms with Crippen LogP contribution in [0.4, 0.5) is 5.69 Å². The molecule has 0 fully saturated rings. The van der Waals surface area contributed by atoms with Gasteiger partial charge in [-0.25, -0.2) is 0 Å². The van der Waals surface area contributed by atoms with E-state index in [4.69, 9.17) is 4.74 Å². The molecule has 124 valence electrons. The van der Waals surface area contributed by atoms with E-state index < -0.39 is 0 Å². The molecule has 1 unspecified atom stereocenters. The number of unbranched alkanes of at least 4 members (excludes halogenated alkanes) is 3. The molecule has 0 aliphatic rings. The van der Waals surface area contributed by atoms with Crippen molar-refractivity contribution in [3.63, 3.8) is 0 Å². The zero-order chi connectivity index (χ0) is 16.5. The maximum Gasteiger partial charge on any atom is 0.119 e. The number of methoxy groups -OCH3 is 1. The highest BCUT2D eigenvalue weighted by Crippen LogP contribution is 2.26. The Morgan fingerprint density at radius 1 is 0.913 bits per heavy atom. The van der Waals surface area contributed by atoms with Crippen molar-refractivity contribution in [2.45, 2.75) is 52.0 Å². The molecule has 0 radical (unpaired) electrons. The second kappa shape index (κ2) is 9.24. The Labute approximate surface area is 140 Å². The molecule has 0 bridgehead atoms. The van der Waals surface area contributed by atoms with Gasteiger partial charge in [-0.1, -0.05) is 62.4 Å². The molecule has 0 saturated carbocycles. The molecule has 0 aliphatic carbocycles. The van der Waals surface area contributed by atoms with Gasteiger partial charge in [0.05, 0.1) is 13.2 Å². The monoisotopic (exact) mass is 311 g/mol. The first-order chi connectivity index (χ1) is 11.2. The van der Waals surface area contributed by atoms with E-state index in [-0.39, 0.29) is 0 Å². The fourth-order valence-electron chi connectivity index (χ4n) is 2.78. The number of benzene rings is 2. The number of aryl methyl sites for hydroxylation is 1. The summed E-state index contributed by atoms with van der Waals surface area (Å²) in [6.45, 7) is 4.39. The van der Waals surface area contributed by atoms with Crippen LogP contribution in [-0.4, -0.2) is 7.11 Å². The second-order valence-corrected chi connectivity index (χ2v) is 6.19. The Bertz CT molecular complexity index is 559. The summed E-state index contributed by atoms with van der Waals surface area (Å²) in [5, 5.41) is 3.69. The van der Waals surface area contributed by atoms with Crippen LogP contribution >= 0.6 is 0 Å². The van der Waals surface area contributed by atoms with Gasteiger partial charge in [-0.3, -0.25) is 0 Å². The van der Waals surface area contributed by atoms with Gasteiger partial charge in [-0.15, -0.1) is 0 Å². The largest absolute Gasteiger partial charge is 0.497 e. The van der Waals surface area contributed by atoms with Gasteiger partial charge in [-0.05, 0) is 43.2 Å². The lowest BCUT2D eigenvalue weighted by Crippen LogP contribution is -2.11. The van der Waals surface area contributed by atoms with Crippen molar-refractivity contribution >= 4 is 5.69 Å². The number of rotatable bonds is 9. The van der Waals surface area contributed by atoms with Crippen LogP contribution in [0.25, 0.3) is 0 Å². The minimum Gasteiger partial charge on any atom is -0.497 e. The average molecular weight is 311 g/mol. The minimum absolute atomic E-state index is 0.362. The molecule has 0 heterocycles. The van der Waals surface area contributed by atoms with Gasteiger partial charge in [0.2, 0.25) is 0 Å². The van der Waals surface area contributed by atoms with Crippen LogP contribution in [0.15, 0.2) is 48.5 Å². The lowest BCUT2D eigenvalue weighted by Gasteiger charge is -2.21. The van der Waals surface area contributed by atoms with Gasteiger partial charge < -0.3 is 10.1 Å². The zero-order valence-electron chi connectivity index (χ0n) is 14.6. The lowest BCUT2D eigenvalue weighted by molar-refractivity contribution is 0.415. The molecule has 0 spiro atoms. The van der Waals surface area contributed by atoms with E-state index >= 15 is 0 Å². The standard InChI is InChI=1S/C21H29NO/c1-4-5-6-7-8-21(18-11-9-17(2)10-12-18)22-19-13-15-20(23-3)16-14-19/h9-16,21-22H,4-8H2,1-3H3. The van der Waals surface area contributed by atoms with Gasteiger partial charge in [-0.2, -0.15) is 0 Å². The van der Waals surface area contributed by atoms with Crippen LogP contribution in [0.1, 0.15) is 56.2 Å². The summed E-state index contributed by atoms with van der Waals surface area (Å²) in [6, 6.07) is 17.4. The topological polar surface area (TPSA) is 21.3 Å². The summed E-state index contributed by atoms with van der Waals surface area (Å²) in [5.41, 5.74) is 3.82. The first-order valence-electron chi connectivity index (χ1n) is 8.70. The van der Waals surface area contributed by atoms with Crippen molar-refractivity contribution in [1.82, 2.24) is 0 Å². The summed E-state index contributed by atoms with van der Waals surface area (Å²) in [6.07, 6.45) is 6.33. The first kappa shape index (κ1) is 17.4. The van der Waals surface area contributed by atoms with Crippen LogP contribution in [0.5, 0.6) is 5.75 Å². The number of hydrogen-bond acceptors (Lipinski definition) is 2. The van der Waals surface area contributed by atoms with Crippen LogP contribution in [-0.2, 0) is 0 Å². The molecule has 0 saturated heterocycles.